The van der Waals surface area contributed by atoms with E-state index in [1.165, 1.54) is 12.1 Å². The van der Waals surface area contributed by atoms with Crippen molar-refractivity contribution in [2.75, 3.05) is 0 Å². The van der Waals surface area contributed by atoms with Crippen LogP contribution in [-0.4, -0.2) is 22.2 Å². The number of carbonyl (C=O) groups is 1. The predicted molar refractivity (Wildman–Crippen MR) is 99.6 cm³/mol. The fourth-order valence-electron chi connectivity index (χ4n) is 3.08. The summed E-state index contributed by atoms with van der Waals surface area (Å²) in [5.74, 6) is -0.683. The fraction of sp³-hybridized carbons (Fsp3) is 0.238. The monoisotopic (exact) mass is 389 g/mol. The Balaban J connectivity index is 2.26. The van der Waals surface area contributed by atoms with Crippen LogP contribution in [0.3, 0.4) is 0 Å². The Bertz CT molecular complexity index is 1060. The molecule has 0 bridgehead atoms. The Labute approximate surface area is 159 Å². The molecule has 7 heteroatoms. The lowest BCUT2D eigenvalue weighted by molar-refractivity contribution is -0.137. The number of carboxylic acid groups (broad SMARTS) is 1. The van der Waals surface area contributed by atoms with Gasteiger partial charge in [0.15, 0.2) is 0 Å². The van der Waals surface area contributed by atoms with Gasteiger partial charge in [-0.2, -0.15) is 13.2 Å². The first-order valence-electron chi connectivity index (χ1n) is 8.60. The van der Waals surface area contributed by atoms with Gasteiger partial charge in [0, 0.05) is 10.9 Å². The van der Waals surface area contributed by atoms with Gasteiger partial charge in [-0.3, -0.25) is 0 Å². The third kappa shape index (κ3) is 3.78. The number of alkyl halides is 3. The number of carboxylic acids is 1. The minimum Gasteiger partial charge on any atom is -0.491 e. The number of hydrogen-bond acceptors (Lipinski definition) is 3. The number of aromatic carboxylic acids is 1. The third-order valence-corrected chi connectivity index (χ3v) is 4.25. The summed E-state index contributed by atoms with van der Waals surface area (Å²) in [6.07, 6.45) is -4.59. The van der Waals surface area contributed by atoms with Gasteiger partial charge >= 0.3 is 12.1 Å². The van der Waals surface area contributed by atoms with Crippen molar-refractivity contribution in [2.24, 2.45) is 0 Å². The largest absolute Gasteiger partial charge is 0.491 e. The lowest BCUT2D eigenvalue weighted by Crippen LogP contribution is -2.08. The van der Waals surface area contributed by atoms with Crippen LogP contribution < -0.4 is 4.74 Å². The molecule has 28 heavy (non-hydrogen) atoms. The van der Waals surface area contributed by atoms with Gasteiger partial charge in [0.05, 0.1) is 28.4 Å². The van der Waals surface area contributed by atoms with Crippen molar-refractivity contribution in [3.05, 3.63) is 59.2 Å². The summed E-state index contributed by atoms with van der Waals surface area (Å²) >= 11 is 0. The lowest BCUT2D eigenvalue weighted by atomic mass is 9.96. The normalized spacial score (nSPS) is 11.8. The van der Waals surface area contributed by atoms with Crippen LogP contribution in [0.5, 0.6) is 5.75 Å². The number of ether oxygens (including phenoxy) is 1. The molecule has 0 unspecified atom stereocenters. The van der Waals surface area contributed by atoms with E-state index in [1.807, 2.05) is 13.8 Å². The van der Waals surface area contributed by atoms with Crippen molar-refractivity contribution < 1.29 is 27.8 Å². The molecule has 0 aliphatic heterocycles. The van der Waals surface area contributed by atoms with Gasteiger partial charge in [-0.25, -0.2) is 9.78 Å². The van der Waals surface area contributed by atoms with Crippen molar-refractivity contribution in [2.45, 2.75) is 33.1 Å². The fourth-order valence-corrected chi connectivity index (χ4v) is 3.08. The summed E-state index contributed by atoms with van der Waals surface area (Å²) < 4.78 is 44.8. The highest BCUT2D eigenvalue weighted by atomic mass is 19.4. The Morgan fingerprint density at radius 2 is 1.86 bits per heavy atom. The Morgan fingerprint density at radius 1 is 1.14 bits per heavy atom. The van der Waals surface area contributed by atoms with Crippen LogP contribution in [0.25, 0.3) is 22.2 Å². The highest BCUT2D eigenvalue weighted by molar-refractivity contribution is 6.06. The van der Waals surface area contributed by atoms with E-state index in [-0.39, 0.29) is 22.9 Å². The smallest absolute Gasteiger partial charge is 0.416 e. The molecule has 3 aromatic rings. The van der Waals surface area contributed by atoms with E-state index >= 15 is 0 Å². The van der Waals surface area contributed by atoms with E-state index < -0.39 is 17.7 Å². The topological polar surface area (TPSA) is 59.4 Å². The molecule has 0 spiro atoms. The summed E-state index contributed by atoms with van der Waals surface area (Å²) in [5.41, 5.74) is 0.246. The first-order chi connectivity index (χ1) is 13.1. The number of hydrogen-bond donors (Lipinski definition) is 1. The maximum atomic E-state index is 13.1. The number of benzene rings is 2. The Kier molecular flexibility index (Phi) is 5.02. The summed E-state index contributed by atoms with van der Waals surface area (Å²) in [6, 6.07) is 9.56. The SMILES string of the molecule is Cc1c(-c2cccc(C(F)(F)F)c2)nc2ccc(OC(C)C)cc2c1C(=O)O. The molecule has 0 saturated carbocycles. The van der Waals surface area contributed by atoms with Gasteiger partial charge < -0.3 is 9.84 Å². The van der Waals surface area contributed by atoms with Crippen LogP contribution in [0.4, 0.5) is 13.2 Å². The van der Waals surface area contributed by atoms with Crippen molar-refractivity contribution in [3.8, 4) is 17.0 Å². The number of fused-ring (bicyclic) bond motifs is 1. The van der Waals surface area contributed by atoms with E-state index in [2.05, 4.69) is 4.98 Å². The second-order valence-corrected chi connectivity index (χ2v) is 6.69. The van der Waals surface area contributed by atoms with Gasteiger partial charge in [0.2, 0.25) is 0 Å². The number of nitrogens with zero attached hydrogens (tertiary/aromatic N) is 1. The minimum atomic E-state index is -4.50. The van der Waals surface area contributed by atoms with E-state index in [9.17, 15) is 23.1 Å². The van der Waals surface area contributed by atoms with Crippen LogP contribution in [0.15, 0.2) is 42.5 Å². The third-order valence-electron chi connectivity index (χ3n) is 4.25. The summed E-state index contributed by atoms with van der Waals surface area (Å²) in [7, 11) is 0. The maximum Gasteiger partial charge on any atom is 0.416 e. The van der Waals surface area contributed by atoms with Crippen LogP contribution in [-0.2, 0) is 6.18 Å². The first kappa shape index (κ1) is 19.7. The van der Waals surface area contributed by atoms with Crippen LogP contribution in [0.2, 0.25) is 0 Å². The van der Waals surface area contributed by atoms with Gasteiger partial charge in [0.1, 0.15) is 5.75 Å². The van der Waals surface area contributed by atoms with Gasteiger partial charge in [-0.05, 0) is 56.7 Å². The Morgan fingerprint density at radius 3 is 2.46 bits per heavy atom. The van der Waals surface area contributed by atoms with Crippen LogP contribution in [0.1, 0.15) is 35.3 Å². The lowest BCUT2D eigenvalue weighted by Gasteiger charge is -2.15. The maximum absolute atomic E-state index is 13.1. The van der Waals surface area contributed by atoms with Gasteiger partial charge in [-0.15, -0.1) is 0 Å². The molecule has 1 aromatic heterocycles. The highest BCUT2D eigenvalue weighted by Crippen LogP contribution is 2.35. The zero-order valence-electron chi connectivity index (χ0n) is 15.5. The molecule has 0 aliphatic rings. The standard InChI is InChI=1S/C21H18F3NO3/c1-11(2)28-15-7-8-17-16(10-15)18(20(26)27)12(3)19(25-17)13-5-4-6-14(9-13)21(22,23)24/h4-11H,1-3H3,(H,26,27). The molecule has 0 radical (unpaired) electrons. The average Bonchev–Trinajstić information content (AvgIpc) is 2.59. The Hall–Kier alpha value is -3.09. The van der Waals surface area contributed by atoms with Crippen molar-refractivity contribution in [3.63, 3.8) is 0 Å². The number of aromatic nitrogens is 1. The summed E-state index contributed by atoms with van der Waals surface area (Å²) in [4.78, 5) is 16.4. The van der Waals surface area contributed by atoms with Gasteiger partial charge in [0.25, 0.3) is 0 Å². The van der Waals surface area contributed by atoms with Crippen molar-refractivity contribution in [1.82, 2.24) is 4.98 Å². The van der Waals surface area contributed by atoms with E-state index in [4.69, 9.17) is 4.74 Å². The molecule has 2 aromatic carbocycles. The zero-order chi connectivity index (χ0) is 20.6. The molecule has 1 N–H and O–H groups in total. The first-order valence-corrected chi connectivity index (χ1v) is 8.60. The van der Waals surface area contributed by atoms with Gasteiger partial charge in [-0.1, -0.05) is 12.1 Å². The molecule has 0 atom stereocenters. The second kappa shape index (κ2) is 7.14. The average molecular weight is 389 g/mol. The number of halogens is 3. The minimum absolute atomic E-state index is 0.00776. The molecular formula is C21H18F3NO3. The van der Waals surface area contributed by atoms with E-state index in [1.54, 1.807) is 25.1 Å². The quantitative estimate of drug-likeness (QED) is 0.620. The summed E-state index contributed by atoms with van der Waals surface area (Å²) in [6.45, 7) is 5.24. The zero-order valence-corrected chi connectivity index (χ0v) is 15.5. The molecule has 3 rings (SSSR count). The van der Waals surface area contributed by atoms with E-state index in [0.717, 1.165) is 12.1 Å². The molecule has 0 aliphatic carbocycles. The second-order valence-electron chi connectivity index (χ2n) is 6.69. The highest BCUT2D eigenvalue weighted by Gasteiger charge is 2.31. The van der Waals surface area contributed by atoms with Crippen molar-refractivity contribution in [1.29, 1.82) is 0 Å². The molecule has 0 amide bonds. The van der Waals surface area contributed by atoms with Crippen LogP contribution in [0, 0.1) is 6.92 Å². The molecule has 4 nitrogen and oxygen atoms in total. The molecular weight excluding hydrogens is 371 g/mol. The molecule has 0 saturated heterocycles. The number of rotatable bonds is 4. The van der Waals surface area contributed by atoms with Crippen molar-refractivity contribution >= 4 is 16.9 Å². The van der Waals surface area contributed by atoms with Crippen LogP contribution >= 0.6 is 0 Å². The van der Waals surface area contributed by atoms with E-state index in [0.29, 0.717) is 22.2 Å². The predicted octanol–water partition coefficient (Wildman–Crippen LogP) is 5.71. The molecule has 0 fully saturated rings. The number of pyridine rings is 1. The molecule has 146 valence electrons. The molecule has 1 heterocycles. The summed E-state index contributed by atoms with van der Waals surface area (Å²) in [5, 5.41) is 10.1.